The van der Waals surface area contributed by atoms with Crippen molar-refractivity contribution in [3.05, 3.63) is 29.8 Å². The Morgan fingerprint density at radius 2 is 2.26 bits per heavy atom. The number of halogens is 1. The average Bonchev–Trinajstić information content (AvgIpc) is 2.54. The lowest BCUT2D eigenvalue weighted by atomic mass is 10.0. The Bertz CT molecular complexity index is 539. The molecule has 1 aliphatic heterocycles. The number of benzene rings is 1. The van der Waals surface area contributed by atoms with E-state index >= 15 is 0 Å². The molecule has 0 aliphatic carbocycles. The summed E-state index contributed by atoms with van der Waals surface area (Å²) in [6, 6.07) is 7.86. The first kappa shape index (κ1) is 19.5. The number of nitrogens with zero attached hydrogens (tertiary/aromatic N) is 1. The summed E-state index contributed by atoms with van der Waals surface area (Å²) in [5.74, 6) is 0.925. The van der Waals surface area contributed by atoms with E-state index in [4.69, 9.17) is 15.2 Å². The maximum atomic E-state index is 11.5. The normalized spacial score (nSPS) is 16.6. The number of amides is 1. The lowest BCUT2D eigenvalue weighted by Crippen LogP contribution is -2.38. The minimum Gasteiger partial charge on any atom is -0.493 e. The molecule has 7 nitrogen and oxygen atoms in total. The molecule has 1 aromatic rings. The third-order valence-electron chi connectivity index (χ3n) is 3.30. The van der Waals surface area contributed by atoms with E-state index in [1.54, 1.807) is 7.11 Å². The lowest BCUT2D eigenvalue weighted by molar-refractivity contribution is -0.119. The van der Waals surface area contributed by atoms with Crippen LogP contribution in [0.3, 0.4) is 0 Å². The molecule has 1 aromatic carbocycles. The van der Waals surface area contributed by atoms with Crippen molar-refractivity contribution in [1.29, 1.82) is 0 Å². The van der Waals surface area contributed by atoms with Gasteiger partial charge < -0.3 is 25.8 Å². The van der Waals surface area contributed by atoms with Crippen molar-refractivity contribution in [2.45, 2.75) is 12.5 Å². The molecule has 128 valence electrons. The second-order valence-corrected chi connectivity index (χ2v) is 4.92. The number of methoxy groups -OCH3 is 1. The smallest absolute Gasteiger partial charge is 0.241 e. The number of carbonyl (C=O) groups excluding carboxylic acids is 1. The zero-order chi connectivity index (χ0) is 15.8. The van der Waals surface area contributed by atoms with Crippen molar-refractivity contribution in [2.24, 2.45) is 10.7 Å². The molecule has 0 saturated heterocycles. The summed E-state index contributed by atoms with van der Waals surface area (Å²) >= 11 is 0. The van der Waals surface area contributed by atoms with Crippen LogP contribution in [0.15, 0.2) is 29.3 Å². The first-order chi connectivity index (χ1) is 10.7. The summed E-state index contributed by atoms with van der Waals surface area (Å²) < 4.78 is 10.4. The Morgan fingerprint density at radius 1 is 1.48 bits per heavy atom. The Hall–Kier alpha value is -1.55. The number of hydrogen-bond acceptors (Lipinski definition) is 4. The lowest BCUT2D eigenvalue weighted by Gasteiger charge is -2.26. The number of guanidine groups is 1. The highest BCUT2D eigenvalue weighted by molar-refractivity contribution is 14.0. The summed E-state index contributed by atoms with van der Waals surface area (Å²) in [6.07, 6.45) is 0.799. The number of nitrogens with one attached hydrogen (secondary N) is 2. The number of nitrogens with two attached hydrogens (primary N) is 1. The molecule has 0 bridgehead atoms. The predicted octanol–water partition coefficient (Wildman–Crippen LogP) is 0.795. The van der Waals surface area contributed by atoms with Gasteiger partial charge in [0.25, 0.3) is 0 Å². The molecule has 1 aliphatic rings. The highest BCUT2D eigenvalue weighted by atomic mass is 127. The molecule has 1 unspecified atom stereocenters. The van der Waals surface area contributed by atoms with Crippen LogP contribution in [0.1, 0.15) is 18.0 Å². The van der Waals surface area contributed by atoms with Gasteiger partial charge >= 0.3 is 0 Å². The number of fused-ring (bicyclic) bond motifs is 1. The van der Waals surface area contributed by atoms with Gasteiger partial charge in [0.1, 0.15) is 12.3 Å². The van der Waals surface area contributed by atoms with Crippen LogP contribution in [0.5, 0.6) is 5.75 Å². The topological polar surface area (TPSA) is 98.0 Å². The van der Waals surface area contributed by atoms with E-state index < -0.39 is 0 Å². The van der Waals surface area contributed by atoms with Crippen molar-refractivity contribution in [3.63, 3.8) is 0 Å². The number of para-hydroxylation sites is 1. The molecule has 1 amide bonds. The van der Waals surface area contributed by atoms with E-state index in [9.17, 15) is 4.79 Å². The van der Waals surface area contributed by atoms with Gasteiger partial charge in [-0.2, -0.15) is 0 Å². The SMILES string of the molecule is COCCNC(=O)CN=C(N)NC1CCOc2ccccc21.I. The largest absolute Gasteiger partial charge is 0.493 e. The zero-order valence-corrected chi connectivity index (χ0v) is 15.4. The van der Waals surface area contributed by atoms with Crippen LogP contribution >= 0.6 is 24.0 Å². The summed E-state index contributed by atoms with van der Waals surface area (Å²) in [5.41, 5.74) is 6.91. The molecular formula is C15H23IN4O3. The van der Waals surface area contributed by atoms with E-state index in [0.717, 1.165) is 17.7 Å². The Kier molecular flexibility index (Phi) is 8.70. The molecule has 0 spiro atoms. The second kappa shape index (κ2) is 10.3. The van der Waals surface area contributed by atoms with Crippen LogP contribution in [0.4, 0.5) is 0 Å². The van der Waals surface area contributed by atoms with Gasteiger partial charge in [0.05, 0.1) is 19.3 Å². The van der Waals surface area contributed by atoms with Crippen LogP contribution in [0.25, 0.3) is 0 Å². The molecule has 23 heavy (non-hydrogen) atoms. The molecule has 0 aromatic heterocycles. The average molecular weight is 434 g/mol. The molecule has 2 rings (SSSR count). The monoisotopic (exact) mass is 434 g/mol. The molecule has 0 fully saturated rings. The molecule has 8 heteroatoms. The highest BCUT2D eigenvalue weighted by Gasteiger charge is 2.21. The minimum atomic E-state index is -0.186. The van der Waals surface area contributed by atoms with Crippen LogP contribution in [0, 0.1) is 0 Å². The van der Waals surface area contributed by atoms with E-state index in [2.05, 4.69) is 15.6 Å². The van der Waals surface area contributed by atoms with Gasteiger partial charge in [-0.3, -0.25) is 4.79 Å². The second-order valence-electron chi connectivity index (χ2n) is 4.92. The quantitative estimate of drug-likeness (QED) is 0.266. The fourth-order valence-corrected chi connectivity index (χ4v) is 2.22. The molecule has 0 radical (unpaired) electrons. The third kappa shape index (κ3) is 6.22. The highest BCUT2D eigenvalue weighted by Crippen LogP contribution is 2.31. The van der Waals surface area contributed by atoms with Crippen LogP contribution in [-0.2, 0) is 9.53 Å². The molecule has 1 heterocycles. The summed E-state index contributed by atoms with van der Waals surface area (Å²) in [7, 11) is 1.58. The van der Waals surface area contributed by atoms with Crippen LogP contribution in [0.2, 0.25) is 0 Å². The minimum absolute atomic E-state index is 0. The van der Waals surface area contributed by atoms with Gasteiger partial charge in [0.15, 0.2) is 5.96 Å². The zero-order valence-electron chi connectivity index (χ0n) is 13.1. The van der Waals surface area contributed by atoms with E-state index in [1.807, 2.05) is 24.3 Å². The van der Waals surface area contributed by atoms with E-state index in [1.165, 1.54) is 0 Å². The number of carbonyl (C=O) groups is 1. The van der Waals surface area contributed by atoms with Gasteiger partial charge in [-0.25, -0.2) is 4.99 Å². The number of rotatable bonds is 6. The van der Waals surface area contributed by atoms with Crippen LogP contribution < -0.4 is 21.1 Å². The fourth-order valence-electron chi connectivity index (χ4n) is 2.22. The maximum absolute atomic E-state index is 11.5. The number of hydrogen-bond donors (Lipinski definition) is 3. The van der Waals surface area contributed by atoms with Crippen molar-refractivity contribution in [1.82, 2.24) is 10.6 Å². The van der Waals surface area contributed by atoms with Gasteiger partial charge in [0.2, 0.25) is 5.91 Å². The van der Waals surface area contributed by atoms with Crippen molar-refractivity contribution in [3.8, 4) is 5.75 Å². The van der Waals surface area contributed by atoms with Crippen molar-refractivity contribution in [2.75, 3.05) is 33.4 Å². The first-order valence-corrected chi connectivity index (χ1v) is 7.24. The summed E-state index contributed by atoms with van der Waals surface area (Å²) in [4.78, 5) is 15.6. The Balaban J connectivity index is 0.00000264. The molecule has 0 saturated carbocycles. The first-order valence-electron chi connectivity index (χ1n) is 7.24. The maximum Gasteiger partial charge on any atom is 0.241 e. The fraction of sp³-hybridized carbons (Fsp3) is 0.467. The van der Waals surface area contributed by atoms with Gasteiger partial charge in [-0.1, -0.05) is 18.2 Å². The van der Waals surface area contributed by atoms with E-state index in [-0.39, 0.29) is 48.4 Å². The summed E-state index contributed by atoms with van der Waals surface area (Å²) in [5, 5.41) is 5.82. The number of aliphatic imine (C=N–C) groups is 1. The predicted molar refractivity (Wildman–Crippen MR) is 99.2 cm³/mol. The van der Waals surface area contributed by atoms with Gasteiger partial charge in [-0.15, -0.1) is 24.0 Å². The van der Waals surface area contributed by atoms with Gasteiger partial charge in [0, 0.05) is 25.6 Å². The standard InChI is InChI=1S/C15H22N4O3.HI/c1-21-9-7-17-14(20)10-18-15(16)19-12-6-8-22-13-5-3-2-4-11(12)13;/h2-5,12H,6-10H2,1H3,(H,17,20)(H3,16,18,19);1H. The van der Waals surface area contributed by atoms with Crippen molar-refractivity contribution >= 4 is 35.8 Å². The molecule has 1 atom stereocenters. The summed E-state index contributed by atoms with van der Waals surface area (Å²) in [6.45, 7) is 1.56. The Labute approximate surface area is 153 Å². The van der Waals surface area contributed by atoms with Crippen LogP contribution in [-0.4, -0.2) is 45.3 Å². The Morgan fingerprint density at radius 3 is 3.04 bits per heavy atom. The molecule has 4 N–H and O–H groups in total. The van der Waals surface area contributed by atoms with Gasteiger partial charge in [-0.05, 0) is 6.07 Å². The molecular weight excluding hydrogens is 411 g/mol. The third-order valence-corrected chi connectivity index (χ3v) is 3.30. The van der Waals surface area contributed by atoms with Crippen molar-refractivity contribution < 1.29 is 14.3 Å². The van der Waals surface area contributed by atoms with E-state index in [0.29, 0.717) is 19.8 Å². The number of ether oxygens (including phenoxy) is 2.